The fraction of sp³-hybridized carbons (Fsp3) is 0.727. The van der Waals surface area contributed by atoms with Crippen molar-refractivity contribution in [2.24, 2.45) is 0 Å². The number of hydrogen-bond acceptors (Lipinski definition) is 1. The summed E-state index contributed by atoms with van der Waals surface area (Å²) in [6, 6.07) is 2.51. The molecule has 0 aliphatic heterocycles. The van der Waals surface area contributed by atoms with E-state index in [1.54, 1.807) is 0 Å². The number of hydrogen-bond donors (Lipinski definition) is 0. The maximum absolute atomic E-state index is 6.17. The van der Waals surface area contributed by atoms with E-state index in [4.69, 9.17) is 11.6 Å². The molecule has 0 spiro atoms. The quantitative estimate of drug-likeness (QED) is 0.743. The van der Waals surface area contributed by atoms with Crippen molar-refractivity contribution in [3.8, 4) is 0 Å². The van der Waals surface area contributed by atoms with Crippen LogP contribution >= 0.6 is 11.6 Å². The number of halogens is 1. The van der Waals surface area contributed by atoms with Crippen LogP contribution in [0.5, 0.6) is 0 Å². The standard InChI is InChI=1S/C11H17ClN2/c1-3-9(4-2)14-11(12)7-10(13-14)8-5-6-8/h7-9H,3-6H2,1-2H3. The van der Waals surface area contributed by atoms with Gasteiger partial charge in [-0.25, -0.2) is 0 Å². The molecule has 0 bridgehead atoms. The molecule has 1 fully saturated rings. The molecule has 78 valence electrons. The Hall–Kier alpha value is -0.500. The second-order valence-corrected chi connectivity index (χ2v) is 4.47. The van der Waals surface area contributed by atoms with Gasteiger partial charge in [-0.05, 0) is 31.7 Å². The summed E-state index contributed by atoms with van der Waals surface area (Å²) in [5.41, 5.74) is 1.20. The van der Waals surface area contributed by atoms with Gasteiger partial charge in [0.1, 0.15) is 5.15 Å². The molecular formula is C11H17ClN2. The summed E-state index contributed by atoms with van der Waals surface area (Å²) in [7, 11) is 0. The SMILES string of the molecule is CCC(CC)n1nc(C2CC2)cc1Cl. The zero-order valence-electron chi connectivity index (χ0n) is 8.83. The predicted molar refractivity (Wildman–Crippen MR) is 58.8 cm³/mol. The van der Waals surface area contributed by atoms with Crippen LogP contribution < -0.4 is 0 Å². The van der Waals surface area contributed by atoms with Crippen LogP contribution in [0.15, 0.2) is 6.07 Å². The molecular weight excluding hydrogens is 196 g/mol. The molecule has 14 heavy (non-hydrogen) atoms. The zero-order chi connectivity index (χ0) is 10.1. The molecule has 0 unspecified atom stereocenters. The van der Waals surface area contributed by atoms with Crippen LogP contribution in [-0.4, -0.2) is 9.78 Å². The van der Waals surface area contributed by atoms with E-state index in [0.717, 1.165) is 18.0 Å². The summed E-state index contributed by atoms with van der Waals surface area (Å²) in [5, 5.41) is 5.40. The van der Waals surface area contributed by atoms with Gasteiger partial charge in [-0.3, -0.25) is 4.68 Å². The van der Waals surface area contributed by atoms with Gasteiger partial charge in [0, 0.05) is 5.92 Å². The Labute approximate surface area is 90.3 Å². The lowest BCUT2D eigenvalue weighted by Crippen LogP contribution is -2.09. The van der Waals surface area contributed by atoms with Gasteiger partial charge < -0.3 is 0 Å². The number of aromatic nitrogens is 2. The third-order valence-electron chi connectivity index (χ3n) is 2.99. The van der Waals surface area contributed by atoms with E-state index in [-0.39, 0.29) is 0 Å². The maximum Gasteiger partial charge on any atom is 0.127 e. The Morgan fingerprint density at radius 3 is 2.64 bits per heavy atom. The van der Waals surface area contributed by atoms with Crippen LogP contribution in [0.4, 0.5) is 0 Å². The van der Waals surface area contributed by atoms with Crippen LogP contribution in [0.2, 0.25) is 5.15 Å². The highest BCUT2D eigenvalue weighted by atomic mass is 35.5. The third-order valence-corrected chi connectivity index (χ3v) is 3.28. The molecule has 0 amide bonds. The smallest absolute Gasteiger partial charge is 0.127 e. The molecule has 1 saturated carbocycles. The van der Waals surface area contributed by atoms with Crippen molar-refractivity contribution in [1.82, 2.24) is 9.78 Å². The minimum atomic E-state index is 0.468. The van der Waals surface area contributed by atoms with Gasteiger partial charge in [0.25, 0.3) is 0 Å². The summed E-state index contributed by atoms with van der Waals surface area (Å²) in [5.74, 6) is 0.697. The molecule has 3 heteroatoms. The van der Waals surface area contributed by atoms with Gasteiger partial charge >= 0.3 is 0 Å². The molecule has 0 radical (unpaired) electrons. The van der Waals surface area contributed by atoms with Crippen molar-refractivity contribution in [2.45, 2.75) is 51.5 Å². The summed E-state index contributed by atoms with van der Waals surface area (Å²) in [6.45, 7) is 4.37. The minimum absolute atomic E-state index is 0.468. The summed E-state index contributed by atoms with van der Waals surface area (Å²) >= 11 is 6.17. The normalized spacial score (nSPS) is 16.6. The van der Waals surface area contributed by atoms with Gasteiger partial charge in [-0.15, -0.1) is 0 Å². The van der Waals surface area contributed by atoms with E-state index in [9.17, 15) is 0 Å². The van der Waals surface area contributed by atoms with Crippen LogP contribution in [0, 0.1) is 0 Å². The summed E-state index contributed by atoms with van der Waals surface area (Å²) in [4.78, 5) is 0. The molecule has 2 rings (SSSR count). The molecule has 0 saturated heterocycles. The van der Waals surface area contributed by atoms with E-state index in [1.807, 2.05) is 10.7 Å². The Morgan fingerprint density at radius 2 is 2.14 bits per heavy atom. The summed E-state index contributed by atoms with van der Waals surface area (Å²) in [6.07, 6.45) is 4.77. The van der Waals surface area contributed by atoms with Crippen LogP contribution in [0.3, 0.4) is 0 Å². The number of nitrogens with zero attached hydrogens (tertiary/aromatic N) is 2. The maximum atomic E-state index is 6.17. The van der Waals surface area contributed by atoms with Gasteiger partial charge in [0.2, 0.25) is 0 Å². The highest BCUT2D eigenvalue weighted by Gasteiger charge is 2.27. The molecule has 0 atom stereocenters. The van der Waals surface area contributed by atoms with Crippen molar-refractivity contribution >= 4 is 11.6 Å². The van der Waals surface area contributed by atoms with Gasteiger partial charge in [0.15, 0.2) is 0 Å². The molecule has 0 N–H and O–H groups in total. The predicted octanol–water partition coefficient (Wildman–Crippen LogP) is 3.78. The lowest BCUT2D eigenvalue weighted by Gasteiger charge is -2.13. The monoisotopic (exact) mass is 212 g/mol. The van der Waals surface area contributed by atoms with Crippen molar-refractivity contribution in [3.63, 3.8) is 0 Å². The first-order chi connectivity index (χ1) is 6.76. The first-order valence-electron chi connectivity index (χ1n) is 5.51. The fourth-order valence-electron chi connectivity index (χ4n) is 1.86. The van der Waals surface area contributed by atoms with Crippen LogP contribution in [-0.2, 0) is 0 Å². The van der Waals surface area contributed by atoms with Crippen LogP contribution in [0.25, 0.3) is 0 Å². The Balaban J connectivity index is 2.22. The zero-order valence-corrected chi connectivity index (χ0v) is 9.59. The second kappa shape index (κ2) is 3.93. The fourth-order valence-corrected chi connectivity index (χ4v) is 2.15. The molecule has 1 aromatic heterocycles. The second-order valence-electron chi connectivity index (χ2n) is 4.08. The first-order valence-corrected chi connectivity index (χ1v) is 5.89. The van der Waals surface area contributed by atoms with E-state index in [1.165, 1.54) is 18.5 Å². The van der Waals surface area contributed by atoms with Crippen molar-refractivity contribution in [1.29, 1.82) is 0 Å². The third kappa shape index (κ3) is 1.81. The lowest BCUT2D eigenvalue weighted by molar-refractivity contribution is 0.426. The van der Waals surface area contributed by atoms with E-state index in [0.29, 0.717) is 12.0 Å². The van der Waals surface area contributed by atoms with Gasteiger partial charge in [0.05, 0.1) is 11.7 Å². The number of rotatable bonds is 4. The highest BCUT2D eigenvalue weighted by Crippen LogP contribution is 2.40. The highest BCUT2D eigenvalue weighted by molar-refractivity contribution is 6.29. The van der Waals surface area contributed by atoms with E-state index < -0.39 is 0 Å². The van der Waals surface area contributed by atoms with Gasteiger partial charge in [-0.2, -0.15) is 5.10 Å². The Bertz CT molecular complexity index is 311. The van der Waals surface area contributed by atoms with Crippen molar-refractivity contribution < 1.29 is 0 Å². The van der Waals surface area contributed by atoms with E-state index >= 15 is 0 Å². The Morgan fingerprint density at radius 1 is 1.50 bits per heavy atom. The lowest BCUT2D eigenvalue weighted by atomic mass is 10.2. The molecule has 2 nitrogen and oxygen atoms in total. The first kappa shape index (κ1) is 10.0. The van der Waals surface area contributed by atoms with Gasteiger partial charge in [-0.1, -0.05) is 25.4 Å². The molecule has 1 aromatic rings. The largest absolute Gasteiger partial charge is 0.251 e. The molecule has 1 aliphatic rings. The minimum Gasteiger partial charge on any atom is -0.251 e. The van der Waals surface area contributed by atoms with Crippen molar-refractivity contribution in [3.05, 3.63) is 16.9 Å². The average Bonchev–Trinajstić information content (AvgIpc) is 2.95. The molecule has 1 heterocycles. The summed E-state index contributed by atoms with van der Waals surface area (Å²) < 4.78 is 2.00. The van der Waals surface area contributed by atoms with Crippen LogP contribution in [0.1, 0.15) is 57.2 Å². The molecule has 0 aromatic carbocycles. The van der Waals surface area contributed by atoms with E-state index in [2.05, 4.69) is 18.9 Å². The molecule has 1 aliphatic carbocycles. The topological polar surface area (TPSA) is 17.8 Å². The Kier molecular flexibility index (Phi) is 2.82. The van der Waals surface area contributed by atoms with Crippen molar-refractivity contribution in [2.75, 3.05) is 0 Å². The average molecular weight is 213 g/mol.